The molecular weight excluding hydrogens is 380 g/mol. The summed E-state index contributed by atoms with van der Waals surface area (Å²) in [6.07, 6.45) is 1.90. The van der Waals surface area contributed by atoms with Gasteiger partial charge in [-0.1, -0.05) is 36.4 Å². The number of aromatic amines is 1. The van der Waals surface area contributed by atoms with Crippen LogP contribution in [-0.4, -0.2) is 22.4 Å². The third-order valence-corrected chi connectivity index (χ3v) is 5.76. The maximum atomic E-state index is 6.08. The number of aromatic nitrogens is 2. The number of hydrogen-bond donors (Lipinski definition) is 1. The lowest BCUT2D eigenvalue weighted by molar-refractivity contribution is 0.621. The van der Waals surface area contributed by atoms with E-state index in [0.29, 0.717) is 6.54 Å². The van der Waals surface area contributed by atoms with E-state index in [4.69, 9.17) is 9.52 Å². The topological polar surface area (TPSA) is 58.6 Å². The molecule has 144 valence electrons. The summed E-state index contributed by atoms with van der Waals surface area (Å²) in [5.74, 6) is 0.785. The molecule has 0 radical (unpaired) electrons. The van der Waals surface area contributed by atoms with E-state index in [9.17, 15) is 0 Å². The largest absolute Gasteiger partial charge is 0.454 e. The first kappa shape index (κ1) is 17.7. The van der Waals surface area contributed by atoms with Crippen LogP contribution in [0.15, 0.2) is 74.5 Å². The van der Waals surface area contributed by atoms with Crippen molar-refractivity contribution in [2.75, 3.05) is 6.54 Å². The molecule has 0 saturated heterocycles. The van der Waals surface area contributed by atoms with Gasteiger partial charge in [-0.15, -0.1) is 11.3 Å². The Hall–Kier alpha value is -3.38. The lowest BCUT2D eigenvalue weighted by atomic mass is 10.1. The van der Waals surface area contributed by atoms with Crippen molar-refractivity contribution in [2.24, 2.45) is 10.1 Å². The van der Waals surface area contributed by atoms with Crippen molar-refractivity contribution in [3.05, 3.63) is 76.0 Å². The maximum Gasteiger partial charge on any atom is 0.206 e. The van der Waals surface area contributed by atoms with Gasteiger partial charge in [-0.25, -0.2) is 4.68 Å². The standard InChI is InChI=1S/C23H20N4OS/c1-3-24-23-27(25-13-18-15(2)26-19-10-6-5-9-17(18)19)20(14-29-23)22-12-16-8-4-7-11-21(16)28-22/h4-14,26H,3H2,1-2H3. The molecule has 0 aliphatic rings. The van der Waals surface area contributed by atoms with Crippen LogP contribution < -0.4 is 4.80 Å². The van der Waals surface area contributed by atoms with Crippen LogP contribution in [0.3, 0.4) is 0 Å². The lowest BCUT2D eigenvalue weighted by Crippen LogP contribution is -2.12. The molecule has 29 heavy (non-hydrogen) atoms. The highest BCUT2D eigenvalue weighted by Gasteiger charge is 2.13. The van der Waals surface area contributed by atoms with Crippen LogP contribution in [0.1, 0.15) is 18.2 Å². The van der Waals surface area contributed by atoms with E-state index in [0.717, 1.165) is 49.4 Å². The number of rotatable bonds is 4. The molecule has 1 N–H and O–H groups in total. The number of benzene rings is 2. The van der Waals surface area contributed by atoms with Gasteiger partial charge in [0, 0.05) is 39.5 Å². The quantitative estimate of drug-likeness (QED) is 0.395. The van der Waals surface area contributed by atoms with E-state index < -0.39 is 0 Å². The van der Waals surface area contributed by atoms with Crippen LogP contribution >= 0.6 is 11.3 Å². The second-order valence-electron chi connectivity index (χ2n) is 6.79. The molecule has 5 aromatic rings. The third-order valence-electron chi connectivity index (χ3n) is 4.90. The number of furan rings is 1. The normalized spacial score (nSPS) is 12.7. The zero-order valence-electron chi connectivity index (χ0n) is 16.2. The summed E-state index contributed by atoms with van der Waals surface area (Å²) in [5.41, 5.74) is 5.04. The SMILES string of the molecule is CCN=c1scc(-c2cc3ccccc3o2)n1N=Cc1c(C)[nH]c2ccccc12. The Bertz CT molecular complexity index is 1380. The monoisotopic (exact) mass is 400 g/mol. The molecule has 0 aliphatic heterocycles. The van der Waals surface area contributed by atoms with Gasteiger partial charge in [0.15, 0.2) is 5.76 Å². The van der Waals surface area contributed by atoms with Gasteiger partial charge >= 0.3 is 0 Å². The van der Waals surface area contributed by atoms with Crippen molar-refractivity contribution >= 4 is 39.4 Å². The number of para-hydroxylation sites is 2. The van der Waals surface area contributed by atoms with Crippen LogP contribution in [0.25, 0.3) is 33.3 Å². The fourth-order valence-corrected chi connectivity index (χ4v) is 4.40. The second-order valence-corrected chi connectivity index (χ2v) is 7.63. The van der Waals surface area contributed by atoms with Gasteiger partial charge in [-0.2, -0.15) is 5.10 Å². The van der Waals surface area contributed by atoms with Gasteiger partial charge in [0.2, 0.25) is 4.80 Å². The fraction of sp³-hybridized carbons (Fsp3) is 0.130. The van der Waals surface area contributed by atoms with Crippen molar-refractivity contribution < 1.29 is 4.42 Å². The number of hydrogen-bond acceptors (Lipinski definition) is 4. The zero-order chi connectivity index (χ0) is 19.8. The predicted molar refractivity (Wildman–Crippen MR) is 120 cm³/mol. The molecule has 3 aromatic heterocycles. The van der Waals surface area contributed by atoms with E-state index in [1.165, 1.54) is 0 Å². The summed E-state index contributed by atoms with van der Waals surface area (Å²) in [4.78, 5) is 8.87. The van der Waals surface area contributed by atoms with Crippen molar-refractivity contribution in [2.45, 2.75) is 13.8 Å². The highest BCUT2D eigenvalue weighted by molar-refractivity contribution is 7.07. The van der Waals surface area contributed by atoms with Crippen molar-refractivity contribution in [3.8, 4) is 11.5 Å². The van der Waals surface area contributed by atoms with Crippen LogP contribution in [0, 0.1) is 6.92 Å². The first-order valence-corrected chi connectivity index (χ1v) is 10.4. The fourth-order valence-electron chi connectivity index (χ4n) is 3.51. The van der Waals surface area contributed by atoms with E-state index in [2.05, 4.69) is 41.2 Å². The number of nitrogens with zero attached hydrogens (tertiary/aromatic N) is 3. The highest BCUT2D eigenvalue weighted by atomic mass is 32.1. The molecule has 0 spiro atoms. The summed E-state index contributed by atoms with van der Waals surface area (Å²) < 4.78 is 7.95. The number of thiazole rings is 1. The summed E-state index contributed by atoms with van der Waals surface area (Å²) in [6.45, 7) is 4.79. The Morgan fingerprint density at radius 3 is 2.83 bits per heavy atom. The molecule has 0 aliphatic carbocycles. The molecule has 0 unspecified atom stereocenters. The van der Waals surface area contributed by atoms with Crippen LogP contribution in [0.2, 0.25) is 0 Å². The molecule has 0 saturated carbocycles. The van der Waals surface area contributed by atoms with Crippen LogP contribution in [0.5, 0.6) is 0 Å². The van der Waals surface area contributed by atoms with Crippen molar-refractivity contribution in [1.29, 1.82) is 0 Å². The number of fused-ring (bicyclic) bond motifs is 2. The third kappa shape index (κ3) is 3.11. The van der Waals surface area contributed by atoms with Crippen molar-refractivity contribution in [1.82, 2.24) is 9.66 Å². The highest BCUT2D eigenvalue weighted by Crippen LogP contribution is 2.28. The molecule has 5 nitrogen and oxygen atoms in total. The van der Waals surface area contributed by atoms with Crippen LogP contribution in [0.4, 0.5) is 0 Å². The minimum Gasteiger partial charge on any atom is -0.454 e. The second kappa shape index (κ2) is 7.22. The molecule has 6 heteroatoms. The zero-order valence-corrected chi connectivity index (χ0v) is 17.0. The molecule has 0 atom stereocenters. The Kier molecular flexibility index (Phi) is 4.41. The summed E-state index contributed by atoms with van der Waals surface area (Å²) in [5, 5.41) is 9.09. The lowest BCUT2D eigenvalue weighted by Gasteiger charge is -2.00. The molecule has 0 amide bonds. The number of nitrogens with one attached hydrogen (secondary N) is 1. The Morgan fingerprint density at radius 1 is 1.14 bits per heavy atom. The molecule has 5 rings (SSSR count). The van der Waals surface area contributed by atoms with E-state index in [1.54, 1.807) is 11.3 Å². The molecule has 3 heterocycles. The molecule has 0 bridgehead atoms. The molecule has 0 fully saturated rings. The first-order chi connectivity index (χ1) is 14.2. The molecular formula is C23H20N4OS. The number of H-pyrrole nitrogens is 1. The first-order valence-electron chi connectivity index (χ1n) is 9.56. The smallest absolute Gasteiger partial charge is 0.206 e. The van der Waals surface area contributed by atoms with Gasteiger partial charge in [0.05, 0.1) is 6.21 Å². The van der Waals surface area contributed by atoms with Gasteiger partial charge in [-0.05, 0) is 32.0 Å². The van der Waals surface area contributed by atoms with Gasteiger partial charge in [-0.3, -0.25) is 4.99 Å². The van der Waals surface area contributed by atoms with E-state index in [1.807, 2.05) is 53.5 Å². The average molecular weight is 401 g/mol. The minimum absolute atomic E-state index is 0.696. The summed E-state index contributed by atoms with van der Waals surface area (Å²) in [7, 11) is 0. The Labute approximate surface area is 171 Å². The molecule has 2 aromatic carbocycles. The van der Waals surface area contributed by atoms with E-state index in [-0.39, 0.29) is 0 Å². The number of aryl methyl sites for hydroxylation is 1. The predicted octanol–water partition coefficient (Wildman–Crippen LogP) is 5.56. The maximum absolute atomic E-state index is 6.08. The Morgan fingerprint density at radius 2 is 1.97 bits per heavy atom. The summed E-state index contributed by atoms with van der Waals surface area (Å²) >= 11 is 1.57. The van der Waals surface area contributed by atoms with Gasteiger partial charge in [0.1, 0.15) is 11.3 Å². The summed E-state index contributed by atoms with van der Waals surface area (Å²) in [6, 6.07) is 18.3. The van der Waals surface area contributed by atoms with Gasteiger partial charge < -0.3 is 9.40 Å². The van der Waals surface area contributed by atoms with Gasteiger partial charge in [0.25, 0.3) is 0 Å². The van der Waals surface area contributed by atoms with Crippen molar-refractivity contribution in [3.63, 3.8) is 0 Å². The van der Waals surface area contributed by atoms with E-state index >= 15 is 0 Å². The van der Waals surface area contributed by atoms with Crippen LogP contribution in [-0.2, 0) is 0 Å². The Balaban J connectivity index is 1.65. The average Bonchev–Trinajstić information content (AvgIpc) is 3.41. The minimum atomic E-state index is 0.696.